The molecule has 3 saturated carbocycles. The lowest BCUT2D eigenvalue weighted by Gasteiger charge is -2.46. The van der Waals surface area contributed by atoms with Crippen LogP contribution in [-0.4, -0.2) is 18.9 Å². The number of ether oxygens (including phenoxy) is 1. The topological polar surface area (TPSA) is 30.8 Å². The van der Waals surface area contributed by atoms with Gasteiger partial charge in [-0.05, 0) is 86.3 Å². The molecular formula is C25H35NO2. The Morgan fingerprint density at radius 3 is 2.68 bits per heavy atom. The maximum atomic E-state index is 5.65. The molecule has 28 heavy (non-hydrogen) atoms. The highest BCUT2D eigenvalue weighted by Gasteiger charge is 2.70. The van der Waals surface area contributed by atoms with E-state index >= 15 is 0 Å². The monoisotopic (exact) mass is 381 g/mol. The van der Waals surface area contributed by atoms with Crippen LogP contribution in [0.4, 0.5) is 0 Å². The lowest BCUT2D eigenvalue weighted by atomic mass is 9.59. The van der Waals surface area contributed by atoms with E-state index in [2.05, 4.69) is 38.9 Å². The molecule has 1 aromatic carbocycles. The summed E-state index contributed by atoms with van der Waals surface area (Å²) in [6, 6.07) is 9.83. The predicted molar refractivity (Wildman–Crippen MR) is 115 cm³/mol. The highest BCUT2D eigenvalue weighted by Crippen LogP contribution is 2.78. The Labute approximate surface area is 170 Å². The lowest BCUT2D eigenvalue weighted by Crippen LogP contribution is -2.37. The van der Waals surface area contributed by atoms with E-state index in [0.717, 1.165) is 17.4 Å². The fourth-order valence-corrected chi connectivity index (χ4v) is 6.95. The van der Waals surface area contributed by atoms with E-state index in [4.69, 9.17) is 9.57 Å². The summed E-state index contributed by atoms with van der Waals surface area (Å²) in [5.74, 6) is 1.72. The van der Waals surface area contributed by atoms with E-state index in [1.165, 1.54) is 44.1 Å². The number of oxime groups is 1. The smallest absolute Gasteiger partial charge is 0.151 e. The van der Waals surface area contributed by atoms with Crippen molar-refractivity contribution < 1.29 is 9.57 Å². The van der Waals surface area contributed by atoms with Gasteiger partial charge in [-0.15, -0.1) is 0 Å². The van der Waals surface area contributed by atoms with E-state index in [1.807, 2.05) is 30.3 Å². The zero-order valence-corrected chi connectivity index (χ0v) is 18.0. The van der Waals surface area contributed by atoms with E-state index in [1.54, 1.807) is 0 Å². The number of nitrogens with zero attached hydrogens (tertiary/aromatic N) is 1. The Kier molecular flexibility index (Phi) is 5.05. The number of allylic oxidation sites excluding steroid dienone is 2. The first-order valence-corrected chi connectivity index (χ1v) is 10.9. The van der Waals surface area contributed by atoms with Gasteiger partial charge in [0.2, 0.25) is 0 Å². The fraction of sp³-hybridized carbons (Fsp3) is 0.640. The van der Waals surface area contributed by atoms with Gasteiger partial charge in [-0.1, -0.05) is 49.2 Å². The second-order valence-electron chi connectivity index (χ2n) is 9.81. The van der Waals surface area contributed by atoms with Crippen molar-refractivity contribution in [2.45, 2.75) is 66.2 Å². The first-order valence-electron chi connectivity index (χ1n) is 10.9. The summed E-state index contributed by atoms with van der Waals surface area (Å²) < 4.78 is 5.65. The van der Waals surface area contributed by atoms with Crippen molar-refractivity contribution in [2.24, 2.45) is 27.3 Å². The summed E-state index contributed by atoms with van der Waals surface area (Å²) in [5, 5.41) is 4.33. The maximum absolute atomic E-state index is 5.65. The van der Waals surface area contributed by atoms with Crippen LogP contribution in [0.15, 0.2) is 47.1 Å². The molecule has 0 radical (unpaired) electrons. The molecular weight excluding hydrogens is 346 g/mol. The third-order valence-electron chi connectivity index (χ3n) is 8.43. The maximum Gasteiger partial charge on any atom is 0.151 e. The highest BCUT2D eigenvalue weighted by molar-refractivity contribution is 5.93. The Balaban J connectivity index is 1.36. The molecule has 152 valence electrons. The molecule has 1 aromatic rings. The van der Waals surface area contributed by atoms with Gasteiger partial charge in [-0.2, -0.15) is 0 Å². The van der Waals surface area contributed by atoms with Crippen molar-refractivity contribution in [2.75, 3.05) is 13.2 Å². The molecule has 0 aliphatic heterocycles. The van der Waals surface area contributed by atoms with Gasteiger partial charge in [0.15, 0.2) is 6.61 Å². The quantitative estimate of drug-likeness (QED) is 0.311. The summed E-state index contributed by atoms with van der Waals surface area (Å²) in [6.07, 6.45) is 10.6. The minimum atomic E-state index is 0.396. The van der Waals surface area contributed by atoms with E-state index in [9.17, 15) is 0 Å². The van der Waals surface area contributed by atoms with E-state index < -0.39 is 0 Å². The van der Waals surface area contributed by atoms with Crippen LogP contribution in [0, 0.1) is 22.2 Å². The van der Waals surface area contributed by atoms with Gasteiger partial charge < -0.3 is 9.57 Å². The van der Waals surface area contributed by atoms with Crippen LogP contribution in [0.1, 0.15) is 66.2 Å². The first kappa shape index (κ1) is 19.5. The summed E-state index contributed by atoms with van der Waals surface area (Å²) >= 11 is 0. The van der Waals surface area contributed by atoms with Gasteiger partial charge >= 0.3 is 0 Å². The van der Waals surface area contributed by atoms with Gasteiger partial charge in [-0.25, -0.2) is 0 Å². The summed E-state index contributed by atoms with van der Waals surface area (Å²) in [5.41, 5.74) is 3.95. The summed E-state index contributed by atoms with van der Waals surface area (Å²) in [4.78, 5) is 5.50. The van der Waals surface area contributed by atoms with Crippen LogP contribution >= 0.6 is 0 Å². The molecule has 3 aliphatic rings. The number of hydrogen-bond acceptors (Lipinski definition) is 3. The summed E-state index contributed by atoms with van der Waals surface area (Å²) in [6.45, 7) is 10.5. The first-order chi connectivity index (χ1) is 13.4. The van der Waals surface area contributed by atoms with Crippen LogP contribution < -0.4 is 4.74 Å². The molecule has 3 heteroatoms. The highest BCUT2D eigenvalue weighted by atomic mass is 16.6. The molecule has 3 nitrogen and oxygen atoms in total. The number of hydrogen-bond donors (Lipinski definition) is 0. The third kappa shape index (κ3) is 3.07. The Morgan fingerprint density at radius 2 is 1.89 bits per heavy atom. The van der Waals surface area contributed by atoms with Crippen molar-refractivity contribution in [1.29, 1.82) is 0 Å². The lowest BCUT2D eigenvalue weighted by molar-refractivity contribution is 0.0724. The van der Waals surface area contributed by atoms with E-state index in [0.29, 0.717) is 29.5 Å². The van der Waals surface area contributed by atoms with Crippen LogP contribution in [0.5, 0.6) is 5.75 Å². The van der Waals surface area contributed by atoms with Gasteiger partial charge in [-0.3, -0.25) is 0 Å². The van der Waals surface area contributed by atoms with Crippen molar-refractivity contribution in [3.05, 3.63) is 42.0 Å². The molecule has 0 aromatic heterocycles. The SMILES string of the molecule is C/C(=C\C(C)=N\OCCOc1ccccc1)[C@@]12CCC[C@@]3(C)[C@@H]1CC[C@@]3(C)C2. The zero-order valence-electron chi connectivity index (χ0n) is 18.0. The normalized spacial score (nSPS) is 37.2. The molecule has 0 amide bonds. The molecule has 4 bridgehead atoms. The van der Waals surface area contributed by atoms with Crippen LogP contribution in [-0.2, 0) is 4.84 Å². The minimum absolute atomic E-state index is 0.396. The average molecular weight is 382 g/mol. The molecule has 0 N–H and O–H groups in total. The number of benzene rings is 1. The zero-order chi connectivity index (χ0) is 19.8. The molecule has 4 atom stereocenters. The molecule has 3 aliphatic carbocycles. The van der Waals surface area contributed by atoms with Gasteiger partial charge in [0.1, 0.15) is 12.4 Å². The van der Waals surface area contributed by atoms with Gasteiger partial charge in [0, 0.05) is 0 Å². The van der Waals surface area contributed by atoms with Gasteiger partial charge in [0.05, 0.1) is 5.71 Å². The minimum Gasteiger partial charge on any atom is -0.490 e. The van der Waals surface area contributed by atoms with Crippen molar-refractivity contribution in [1.82, 2.24) is 0 Å². The molecule has 0 spiro atoms. The average Bonchev–Trinajstić information content (AvgIpc) is 2.99. The van der Waals surface area contributed by atoms with Gasteiger partial charge in [0.25, 0.3) is 0 Å². The third-order valence-corrected chi connectivity index (χ3v) is 8.43. The van der Waals surface area contributed by atoms with Crippen LogP contribution in [0.25, 0.3) is 0 Å². The van der Waals surface area contributed by atoms with Crippen molar-refractivity contribution in [3.63, 3.8) is 0 Å². The fourth-order valence-electron chi connectivity index (χ4n) is 6.95. The predicted octanol–water partition coefficient (Wildman–Crippen LogP) is 6.40. The molecule has 4 rings (SSSR count). The number of rotatable bonds is 7. The Bertz CT molecular complexity index is 770. The molecule has 3 fully saturated rings. The molecule has 0 unspecified atom stereocenters. The largest absolute Gasteiger partial charge is 0.490 e. The summed E-state index contributed by atoms with van der Waals surface area (Å²) in [7, 11) is 0. The number of para-hydroxylation sites is 1. The standard InChI is InChI=1S/C25H35NO2/c1-19(17-20(2)26-28-16-15-27-21-9-6-5-7-10-21)25-13-8-12-24(4)22(25)11-14-23(24,3)18-25/h5-7,9-10,17,22H,8,11-16,18H2,1-4H3/b19-17+,26-20+/t22-,23-,24-,25-/m0/s1. The van der Waals surface area contributed by atoms with Crippen LogP contribution in [0.3, 0.4) is 0 Å². The Morgan fingerprint density at radius 1 is 1.11 bits per heavy atom. The van der Waals surface area contributed by atoms with Crippen LogP contribution in [0.2, 0.25) is 0 Å². The second-order valence-corrected chi connectivity index (χ2v) is 9.81. The van der Waals surface area contributed by atoms with Crippen molar-refractivity contribution >= 4 is 5.71 Å². The van der Waals surface area contributed by atoms with Crippen molar-refractivity contribution in [3.8, 4) is 5.75 Å². The molecule has 0 heterocycles. The second kappa shape index (κ2) is 7.24. The molecule has 0 saturated heterocycles. The van der Waals surface area contributed by atoms with E-state index in [-0.39, 0.29) is 0 Å². The Hall–Kier alpha value is -1.77.